The Labute approximate surface area is 147 Å². The van der Waals surface area contributed by atoms with Gasteiger partial charge in [-0.3, -0.25) is 0 Å². The zero-order valence-corrected chi connectivity index (χ0v) is 21.2. The largest absolute Gasteiger partial charge is 0.460 e. The van der Waals surface area contributed by atoms with Gasteiger partial charge >= 0.3 is 0 Å². The molecule has 0 aromatic heterocycles. The van der Waals surface area contributed by atoms with Crippen molar-refractivity contribution in [3.05, 3.63) is 0 Å². The minimum absolute atomic E-state index is 0.393. The smallest absolute Gasteiger partial charge is 0.162 e. The maximum atomic E-state index is 6.79. The lowest BCUT2D eigenvalue weighted by Gasteiger charge is -2.28. The van der Waals surface area contributed by atoms with Gasteiger partial charge in [0.15, 0.2) is 18.1 Å². The van der Waals surface area contributed by atoms with Crippen LogP contribution in [0.2, 0.25) is 67.0 Å². The van der Waals surface area contributed by atoms with Crippen LogP contribution in [-0.4, -0.2) is 35.0 Å². The molecule has 1 nitrogen and oxygen atoms in total. The van der Waals surface area contributed by atoms with E-state index >= 15 is 0 Å². The summed E-state index contributed by atoms with van der Waals surface area (Å²) in [6, 6.07) is 14.7. The van der Waals surface area contributed by atoms with Gasteiger partial charge in [0.1, 0.15) is 0 Å². The summed E-state index contributed by atoms with van der Waals surface area (Å²) in [5.74, 6) is 0. The molecule has 0 aliphatic carbocycles. The Balaban J connectivity index is 4.31. The SMILES string of the molecule is CC[SiH](CC)CC[SiH](CC)O[SiH](CC)CC[Si](C)(CC)CC. The Morgan fingerprint density at radius 1 is 0.682 bits per heavy atom. The highest BCUT2D eigenvalue weighted by Gasteiger charge is 2.25. The van der Waals surface area contributed by atoms with Gasteiger partial charge in [-0.15, -0.1) is 0 Å². The first-order chi connectivity index (χ1) is 10.5. The van der Waals surface area contributed by atoms with Crippen molar-refractivity contribution in [3.8, 4) is 0 Å². The molecule has 22 heavy (non-hydrogen) atoms. The molecule has 0 fully saturated rings. The van der Waals surface area contributed by atoms with E-state index in [4.69, 9.17) is 4.12 Å². The summed E-state index contributed by atoms with van der Waals surface area (Å²) in [7, 11) is -3.05. The summed E-state index contributed by atoms with van der Waals surface area (Å²) >= 11 is 0. The lowest BCUT2D eigenvalue weighted by Crippen LogP contribution is -2.33. The van der Waals surface area contributed by atoms with E-state index in [1.807, 2.05) is 0 Å². The molecule has 0 saturated carbocycles. The Morgan fingerprint density at radius 2 is 1.18 bits per heavy atom. The topological polar surface area (TPSA) is 9.23 Å². The van der Waals surface area contributed by atoms with E-state index in [1.165, 1.54) is 54.4 Å². The standard InChI is InChI=1S/C17H44OSi4/c1-8-19(9-2)14-15-20(10-3)18-21(11-4)16-17-22(7,12-5)13-6/h19-21H,8-17H2,1-7H3. The van der Waals surface area contributed by atoms with E-state index in [-0.39, 0.29) is 0 Å². The van der Waals surface area contributed by atoms with Crippen LogP contribution in [0.5, 0.6) is 0 Å². The van der Waals surface area contributed by atoms with E-state index < -0.39 is 35.0 Å². The van der Waals surface area contributed by atoms with Gasteiger partial charge in [-0.2, -0.15) is 0 Å². The minimum Gasteiger partial charge on any atom is -0.460 e. The third kappa shape index (κ3) is 9.20. The van der Waals surface area contributed by atoms with Gasteiger partial charge in [0, 0.05) is 16.9 Å². The minimum atomic E-state index is -0.909. The molecule has 0 aromatic rings. The summed E-state index contributed by atoms with van der Waals surface area (Å²) in [6.07, 6.45) is 0. The molecule has 0 saturated heterocycles. The average molecular weight is 377 g/mol. The normalized spacial score (nSPS) is 15.3. The van der Waals surface area contributed by atoms with Gasteiger partial charge in [-0.1, -0.05) is 84.4 Å². The van der Waals surface area contributed by atoms with Crippen molar-refractivity contribution >= 4 is 35.0 Å². The third-order valence-corrected chi connectivity index (χ3v) is 22.5. The van der Waals surface area contributed by atoms with E-state index in [0.717, 1.165) is 0 Å². The van der Waals surface area contributed by atoms with Crippen molar-refractivity contribution in [2.45, 2.75) is 109 Å². The summed E-state index contributed by atoms with van der Waals surface area (Å²) in [6.45, 7) is 17.1. The Bertz CT molecular complexity index is 255. The van der Waals surface area contributed by atoms with Crippen LogP contribution in [0.15, 0.2) is 0 Å². The molecule has 0 rings (SSSR count). The summed E-state index contributed by atoms with van der Waals surface area (Å²) in [5, 5.41) is 0. The molecule has 0 bridgehead atoms. The van der Waals surface area contributed by atoms with Crippen LogP contribution in [0.1, 0.15) is 41.5 Å². The highest BCUT2D eigenvalue weighted by atomic mass is 28.4. The zero-order valence-electron chi connectivity index (χ0n) is 16.7. The highest BCUT2D eigenvalue weighted by Crippen LogP contribution is 2.25. The van der Waals surface area contributed by atoms with E-state index in [9.17, 15) is 0 Å². The first-order valence-electron chi connectivity index (χ1n) is 10.1. The molecule has 0 aliphatic heterocycles. The van der Waals surface area contributed by atoms with Gasteiger partial charge in [0.25, 0.3) is 0 Å². The van der Waals surface area contributed by atoms with Crippen molar-refractivity contribution in [2.75, 3.05) is 0 Å². The maximum absolute atomic E-state index is 6.79. The number of hydrogen-bond acceptors (Lipinski definition) is 1. The first-order valence-corrected chi connectivity index (χ1v) is 19.9. The molecule has 0 N–H and O–H groups in total. The second kappa shape index (κ2) is 13.2. The van der Waals surface area contributed by atoms with Crippen LogP contribution in [0.4, 0.5) is 0 Å². The Morgan fingerprint density at radius 3 is 1.59 bits per heavy atom. The average Bonchev–Trinajstić information content (AvgIpc) is 2.57. The second-order valence-electron chi connectivity index (χ2n) is 7.51. The van der Waals surface area contributed by atoms with Crippen molar-refractivity contribution in [3.63, 3.8) is 0 Å². The van der Waals surface area contributed by atoms with Crippen molar-refractivity contribution < 1.29 is 4.12 Å². The molecule has 0 spiro atoms. The third-order valence-electron chi connectivity index (χ3n) is 6.12. The van der Waals surface area contributed by atoms with Crippen molar-refractivity contribution in [2.24, 2.45) is 0 Å². The van der Waals surface area contributed by atoms with E-state index in [0.29, 0.717) is 0 Å². The summed E-state index contributed by atoms with van der Waals surface area (Å²) < 4.78 is 6.79. The van der Waals surface area contributed by atoms with E-state index in [2.05, 4.69) is 48.1 Å². The van der Waals surface area contributed by atoms with Crippen molar-refractivity contribution in [1.82, 2.24) is 0 Å². The van der Waals surface area contributed by atoms with Crippen LogP contribution in [0, 0.1) is 0 Å². The van der Waals surface area contributed by atoms with Crippen LogP contribution >= 0.6 is 0 Å². The van der Waals surface area contributed by atoms with Crippen LogP contribution in [0.25, 0.3) is 0 Å². The lowest BCUT2D eigenvalue weighted by atomic mass is 10.9. The predicted octanol–water partition coefficient (Wildman–Crippen LogP) is 5.88. The lowest BCUT2D eigenvalue weighted by molar-refractivity contribution is 0.575. The maximum Gasteiger partial charge on any atom is 0.162 e. The monoisotopic (exact) mass is 376 g/mol. The molecule has 0 aliphatic rings. The second-order valence-corrected chi connectivity index (χ2v) is 23.4. The van der Waals surface area contributed by atoms with Gasteiger partial charge < -0.3 is 4.12 Å². The fraction of sp³-hybridized carbons (Fsp3) is 1.00. The van der Waals surface area contributed by atoms with E-state index in [1.54, 1.807) is 6.04 Å². The molecule has 0 heterocycles. The molecule has 5 heteroatoms. The highest BCUT2D eigenvalue weighted by molar-refractivity contribution is 6.79. The fourth-order valence-electron chi connectivity index (χ4n) is 3.24. The summed E-state index contributed by atoms with van der Waals surface area (Å²) in [5.41, 5.74) is 0. The molecular formula is C17H44OSi4. The predicted molar refractivity (Wildman–Crippen MR) is 116 cm³/mol. The molecular weight excluding hydrogens is 333 g/mol. The first kappa shape index (κ1) is 22.8. The van der Waals surface area contributed by atoms with Crippen LogP contribution < -0.4 is 0 Å². The van der Waals surface area contributed by atoms with Crippen molar-refractivity contribution in [1.29, 1.82) is 0 Å². The molecule has 0 aromatic carbocycles. The molecule has 0 radical (unpaired) electrons. The van der Waals surface area contributed by atoms with Gasteiger partial charge in [0.2, 0.25) is 0 Å². The van der Waals surface area contributed by atoms with Gasteiger partial charge in [-0.25, -0.2) is 0 Å². The van der Waals surface area contributed by atoms with Crippen LogP contribution in [-0.2, 0) is 4.12 Å². The number of hydrogen-bond donors (Lipinski definition) is 0. The fourth-order valence-corrected chi connectivity index (χ4v) is 18.9. The van der Waals surface area contributed by atoms with Gasteiger partial charge in [-0.05, 0) is 24.2 Å². The summed E-state index contributed by atoms with van der Waals surface area (Å²) in [4.78, 5) is 0. The molecule has 134 valence electrons. The Kier molecular flexibility index (Phi) is 13.7. The number of rotatable bonds is 14. The molecule has 2 atom stereocenters. The molecule has 0 amide bonds. The molecule has 2 unspecified atom stereocenters. The quantitative estimate of drug-likeness (QED) is 0.344. The Hall–Kier alpha value is 0.828. The van der Waals surface area contributed by atoms with Crippen LogP contribution in [0.3, 0.4) is 0 Å². The zero-order chi connectivity index (χ0) is 17.0. The van der Waals surface area contributed by atoms with Gasteiger partial charge in [0.05, 0.1) is 0 Å².